The van der Waals surface area contributed by atoms with Crippen molar-refractivity contribution in [3.63, 3.8) is 0 Å². The van der Waals surface area contributed by atoms with Gasteiger partial charge in [0.2, 0.25) is 0 Å². The Balaban J connectivity index is 1.10. The quantitative estimate of drug-likeness (QED) is 0.111. The second kappa shape index (κ2) is 17.6. The van der Waals surface area contributed by atoms with E-state index in [4.69, 9.17) is 61.8 Å². The van der Waals surface area contributed by atoms with Crippen molar-refractivity contribution >= 4 is 51.7 Å². The number of carbonyl (C=O) groups excluding carboxylic acids is 1. The molecule has 1 unspecified atom stereocenters. The number of alkyl halides is 2. The number of aromatic nitrogens is 3. The number of aryl methyl sites for hydroxylation is 1. The van der Waals surface area contributed by atoms with Crippen LogP contribution in [0.2, 0.25) is 10.0 Å². The Bertz CT molecular complexity index is 2710. The van der Waals surface area contributed by atoms with E-state index in [0.717, 1.165) is 30.4 Å². The summed E-state index contributed by atoms with van der Waals surface area (Å²) in [6, 6.07) is 16.8. The predicted octanol–water partition coefficient (Wildman–Crippen LogP) is 10.5. The Hall–Kier alpha value is -5.25. The molecule has 4 fully saturated rings. The third kappa shape index (κ3) is 8.50. The molecule has 3 aromatic carbocycles. The molecule has 68 heavy (non-hydrogen) atoms. The first kappa shape index (κ1) is 46.5. The summed E-state index contributed by atoms with van der Waals surface area (Å²) in [6.07, 6.45) is 2.43. The fraction of sp³-hybridized carbons (Fsp3) is 0.490. The van der Waals surface area contributed by atoms with Crippen molar-refractivity contribution in [3.8, 4) is 34.5 Å². The summed E-state index contributed by atoms with van der Waals surface area (Å²) in [5, 5.41) is 0.337. The third-order valence-corrected chi connectivity index (χ3v) is 15.3. The van der Waals surface area contributed by atoms with Crippen LogP contribution in [0.5, 0.6) is 23.3 Å². The number of esters is 1. The number of ether oxygens (including phenoxy) is 5. The number of carbonyl (C=O) groups is 1. The number of halogens is 5. The van der Waals surface area contributed by atoms with Gasteiger partial charge in [-0.25, -0.2) is 18.2 Å². The summed E-state index contributed by atoms with van der Waals surface area (Å²) >= 11 is 14.6. The van der Waals surface area contributed by atoms with E-state index in [1.807, 2.05) is 82.3 Å². The van der Waals surface area contributed by atoms with Crippen LogP contribution in [0.15, 0.2) is 54.6 Å². The summed E-state index contributed by atoms with van der Waals surface area (Å²) in [5.41, 5.74) is 0.759. The van der Waals surface area contributed by atoms with Crippen LogP contribution >= 0.6 is 23.2 Å². The summed E-state index contributed by atoms with van der Waals surface area (Å²) in [7, 11) is 3.23. The minimum Gasteiger partial charge on any atom is -0.497 e. The molecule has 360 valence electrons. The molecule has 17 heteroatoms. The minimum atomic E-state index is -2.87. The van der Waals surface area contributed by atoms with E-state index in [9.17, 15) is 13.6 Å². The maximum Gasteiger partial charge on any atom is 0.319 e. The highest BCUT2D eigenvalue weighted by molar-refractivity contribution is 6.38. The summed E-state index contributed by atoms with van der Waals surface area (Å²) in [4.78, 5) is 34.6. The maximum absolute atomic E-state index is 18.1. The van der Waals surface area contributed by atoms with E-state index in [2.05, 4.69) is 9.80 Å². The van der Waals surface area contributed by atoms with E-state index in [-0.39, 0.29) is 99.9 Å². The molecule has 5 aliphatic rings. The summed E-state index contributed by atoms with van der Waals surface area (Å²) in [5.74, 6) is -2.20. The number of fused-ring (bicyclic) bond motifs is 6. The summed E-state index contributed by atoms with van der Waals surface area (Å²) in [6.45, 7) is 8.79. The second-order valence-corrected chi connectivity index (χ2v) is 20.8. The molecule has 5 aromatic rings. The first-order chi connectivity index (χ1) is 32.4. The molecule has 1 saturated carbocycles. The standard InChI is InChI=1S/C51H55Cl2F3N6O6/c1-28-20-36(60(21-29-8-13-32(64-5)14-9-29)22-30-10-15-33(65-6)16-11-30)57-43(40(28)52)38-41(53)45-39-44(42(38)54)58-48(67-27-50-18-7-19-61(50)26-51(55,56)25-50)59-46(39)62-23-31-12-17-34(35(62)24-66-45)37(31)47(63)68-49(2,3)4/h8-11,13-16,20,31,34-35,37H,7,12,17-19,21-27H2,1-6H3/t31-,34+,35-,37?,50-/m1/s1. The fourth-order valence-electron chi connectivity index (χ4n) is 11.3. The number of pyridine rings is 1. The lowest BCUT2D eigenvalue weighted by atomic mass is 9.80. The van der Waals surface area contributed by atoms with Crippen molar-refractivity contribution in [2.75, 3.05) is 56.9 Å². The molecule has 6 heterocycles. The minimum absolute atomic E-state index is 0.0706. The van der Waals surface area contributed by atoms with Crippen molar-refractivity contribution in [2.24, 2.45) is 17.8 Å². The van der Waals surface area contributed by atoms with Crippen LogP contribution in [0.25, 0.3) is 22.2 Å². The van der Waals surface area contributed by atoms with E-state index in [1.165, 1.54) is 0 Å². The molecular weight excluding hydrogens is 920 g/mol. The first-order valence-electron chi connectivity index (χ1n) is 23.2. The Kier molecular flexibility index (Phi) is 12.0. The van der Waals surface area contributed by atoms with Crippen LogP contribution in [-0.2, 0) is 22.6 Å². The van der Waals surface area contributed by atoms with Crippen molar-refractivity contribution in [1.29, 1.82) is 0 Å². The van der Waals surface area contributed by atoms with Crippen LogP contribution in [0.3, 0.4) is 0 Å². The molecular formula is C51H55Cl2F3N6O6. The van der Waals surface area contributed by atoms with Gasteiger partial charge in [0.1, 0.15) is 47.5 Å². The van der Waals surface area contributed by atoms with E-state index < -0.39 is 22.9 Å². The normalized spacial score (nSPS) is 23.7. The highest BCUT2D eigenvalue weighted by Crippen LogP contribution is 2.54. The lowest BCUT2D eigenvalue weighted by Crippen LogP contribution is -2.55. The Labute approximate surface area is 404 Å². The Morgan fingerprint density at radius 2 is 1.63 bits per heavy atom. The fourth-order valence-corrected chi connectivity index (χ4v) is 11.9. The van der Waals surface area contributed by atoms with Gasteiger partial charge in [-0.1, -0.05) is 47.5 Å². The average molecular weight is 976 g/mol. The van der Waals surface area contributed by atoms with Crippen LogP contribution < -0.4 is 28.7 Å². The van der Waals surface area contributed by atoms with Gasteiger partial charge in [0.15, 0.2) is 11.6 Å². The molecule has 2 bridgehead atoms. The van der Waals surface area contributed by atoms with Crippen molar-refractivity contribution < 1.29 is 41.7 Å². The maximum atomic E-state index is 18.1. The van der Waals surface area contributed by atoms with Crippen molar-refractivity contribution in [3.05, 3.63) is 87.2 Å². The molecule has 0 amide bonds. The van der Waals surface area contributed by atoms with Gasteiger partial charge < -0.3 is 33.5 Å². The third-order valence-electron chi connectivity index (χ3n) is 14.4. The van der Waals surface area contributed by atoms with Gasteiger partial charge in [0.05, 0.1) is 65.0 Å². The number of rotatable bonds is 12. The predicted molar refractivity (Wildman–Crippen MR) is 254 cm³/mol. The number of hydrogen-bond acceptors (Lipinski definition) is 12. The molecule has 1 aliphatic carbocycles. The highest BCUT2D eigenvalue weighted by Gasteiger charge is 2.58. The molecule has 2 aromatic heterocycles. The van der Waals surface area contributed by atoms with Crippen molar-refractivity contribution in [2.45, 2.75) is 96.0 Å². The molecule has 5 atom stereocenters. The number of benzene rings is 3. The average Bonchev–Trinajstić information content (AvgIpc) is 3.88. The lowest BCUT2D eigenvalue weighted by Gasteiger charge is -2.43. The highest BCUT2D eigenvalue weighted by atomic mass is 35.5. The number of methoxy groups -OCH3 is 2. The van der Waals surface area contributed by atoms with Crippen molar-refractivity contribution in [1.82, 2.24) is 19.9 Å². The van der Waals surface area contributed by atoms with Gasteiger partial charge in [0, 0.05) is 26.1 Å². The van der Waals surface area contributed by atoms with Gasteiger partial charge in [0.25, 0.3) is 5.92 Å². The molecule has 4 aliphatic heterocycles. The number of anilines is 2. The number of piperidine rings is 1. The number of nitrogens with zero attached hydrogens (tertiary/aromatic N) is 6. The van der Waals surface area contributed by atoms with Crippen LogP contribution in [0.1, 0.15) is 69.6 Å². The van der Waals surface area contributed by atoms with Gasteiger partial charge >= 0.3 is 12.0 Å². The van der Waals surface area contributed by atoms with E-state index in [0.29, 0.717) is 61.3 Å². The Morgan fingerprint density at radius 1 is 0.956 bits per heavy atom. The largest absolute Gasteiger partial charge is 0.497 e. The number of hydrogen-bond donors (Lipinski definition) is 0. The summed E-state index contributed by atoms with van der Waals surface area (Å²) < 4.78 is 77.9. The zero-order valence-electron chi connectivity index (χ0n) is 39.0. The van der Waals surface area contributed by atoms with Crippen LogP contribution in [-0.4, -0.2) is 96.0 Å². The van der Waals surface area contributed by atoms with Crippen LogP contribution in [0, 0.1) is 30.5 Å². The molecule has 3 saturated heterocycles. The van der Waals surface area contributed by atoms with E-state index in [1.54, 1.807) is 19.1 Å². The zero-order chi connectivity index (χ0) is 47.9. The molecule has 10 rings (SSSR count). The molecule has 0 spiro atoms. The zero-order valence-corrected chi connectivity index (χ0v) is 40.5. The Morgan fingerprint density at radius 3 is 2.28 bits per heavy atom. The monoisotopic (exact) mass is 974 g/mol. The smallest absolute Gasteiger partial charge is 0.319 e. The molecule has 0 radical (unpaired) electrons. The van der Waals surface area contributed by atoms with Gasteiger partial charge in [-0.05, 0) is 119 Å². The molecule has 0 N–H and O–H groups in total. The van der Waals surface area contributed by atoms with Crippen LogP contribution in [0.4, 0.5) is 24.8 Å². The van der Waals surface area contributed by atoms with E-state index >= 15 is 4.39 Å². The SMILES string of the molecule is COc1ccc(CN(Cc2ccc(OC)cc2)c2cc(C)c(Cl)c(-c3c(Cl)c4c5c(nc(OC[C@]67CCCN6CC(F)(F)C7)nc5c3F)N3C[C@H]5CC[C@H](C5C(=O)OC(C)(C)C)[C@H]3CO4)n2)cc1. The van der Waals surface area contributed by atoms with Gasteiger partial charge in [-0.3, -0.25) is 9.69 Å². The van der Waals surface area contributed by atoms with Gasteiger partial charge in [-0.15, -0.1) is 0 Å². The lowest BCUT2D eigenvalue weighted by molar-refractivity contribution is -0.164. The molecule has 12 nitrogen and oxygen atoms in total. The topological polar surface area (TPSA) is 112 Å². The van der Waals surface area contributed by atoms with Gasteiger partial charge in [-0.2, -0.15) is 9.97 Å². The first-order valence-corrected chi connectivity index (χ1v) is 24.0. The second-order valence-electron chi connectivity index (χ2n) is 20.1.